The molecule has 1 aliphatic carbocycles. The van der Waals surface area contributed by atoms with Crippen molar-refractivity contribution in [1.82, 2.24) is 15.1 Å². The molecule has 2 saturated heterocycles. The molecule has 1 aromatic rings. The second kappa shape index (κ2) is 10.6. The molecule has 29 heavy (non-hydrogen) atoms. The molecule has 1 aromatic carbocycles. The lowest BCUT2D eigenvalue weighted by Gasteiger charge is -2.41. The molecule has 160 valence electrons. The van der Waals surface area contributed by atoms with Gasteiger partial charge in [-0.3, -0.25) is 4.90 Å². The van der Waals surface area contributed by atoms with Crippen LogP contribution in [0.15, 0.2) is 24.3 Å². The lowest BCUT2D eigenvalue weighted by Crippen LogP contribution is -2.46. The Morgan fingerprint density at radius 2 is 1.76 bits per heavy atom. The molecular weight excluding hydrogens is 384 g/mol. The first-order valence-corrected chi connectivity index (χ1v) is 11.5. The zero-order valence-electron chi connectivity index (χ0n) is 17.3. The fourth-order valence-electron chi connectivity index (χ4n) is 4.25. The van der Waals surface area contributed by atoms with Gasteiger partial charge in [0.25, 0.3) is 0 Å². The monoisotopic (exact) mass is 418 g/mol. The van der Waals surface area contributed by atoms with E-state index in [-0.39, 0.29) is 0 Å². The summed E-state index contributed by atoms with van der Waals surface area (Å²) in [5.41, 5.74) is 0.987. The first-order chi connectivity index (χ1) is 14.3. The van der Waals surface area contributed by atoms with Crippen molar-refractivity contribution in [3.8, 4) is 5.75 Å². The van der Waals surface area contributed by atoms with Crippen molar-refractivity contribution >= 4 is 23.0 Å². The average Bonchev–Trinajstić information content (AvgIpc) is 2.70. The number of anilines is 1. The summed E-state index contributed by atoms with van der Waals surface area (Å²) in [5.74, 6) is 0.948. The Bertz CT molecular complexity index is 639. The summed E-state index contributed by atoms with van der Waals surface area (Å²) in [6, 6.07) is 9.00. The number of thiocarbonyl (C=S) groups is 1. The fourth-order valence-corrected chi connectivity index (χ4v) is 4.47. The standard InChI is InChI=1S/C22H34N4O2S/c29-22(23-10-13-25-14-16-27-17-15-25)24-18-4-6-20(7-5-18)28-21-8-11-26(12-9-21)19-2-1-3-19/h4-7,19,21H,1-3,8-17H2,(H2,23,24,29). The van der Waals surface area contributed by atoms with Gasteiger partial charge < -0.3 is 25.0 Å². The minimum Gasteiger partial charge on any atom is -0.490 e. The minimum absolute atomic E-state index is 0.341. The largest absolute Gasteiger partial charge is 0.490 e. The third-order valence-electron chi connectivity index (χ3n) is 6.30. The molecule has 0 unspecified atom stereocenters. The van der Waals surface area contributed by atoms with Crippen LogP contribution >= 0.6 is 12.2 Å². The lowest BCUT2D eigenvalue weighted by atomic mass is 9.90. The topological polar surface area (TPSA) is 49.0 Å². The Morgan fingerprint density at radius 3 is 2.41 bits per heavy atom. The summed E-state index contributed by atoms with van der Waals surface area (Å²) >= 11 is 5.41. The predicted octanol–water partition coefficient (Wildman–Crippen LogP) is 2.70. The molecule has 1 saturated carbocycles. The van der Waals surface area contributed by atoms with Crippen molar-refractivity contribution in [3.63, 3.8) is 0 Å². The van der Waals surface area contributed by atoms with Crippen LogP contribution in [0.5, 0.6) is 5.75 Å². The highest BCUT2D eigenvalue weighted by Crippen LogP contribution is 2.28. The number of benzene rings is 1. The molecule has 0 amide bonds. The van der Waals surface area contributed by atoms with E-state index in [9.17, 15) is 0 Å². The van der Waals surface area contributed by atoms with E-state index in [1.807, 2.05) is 24.3 Å². The number of rotatable bonds is 7. The predicted molar refractivity (Wildman–Crippen MR) is 121 cm³/mol. The number of nitrogens with zero attached hydrogens (tertiary/aromatic N) is 2. The van der Waals surface area contributed by atoms with Crippen LogP contribution in [0.1, 0.15) is 32.1 Å². The molecule has 2 aliphatic heterocycles. The maximum absolute atomic E-state index is 6.21. The number of ether oxygens (including phenoxy) is 2. The molecular formula is C22H34N4O2S. The Kier molecular flexibility index (Phi) is 7.60. The van der Waals surface area contributed by atoms with Crippen LogP contribution in [0.2, 0.25) is 0 Å². The normalized spacial score (nSPS) is 22.1. The average molecular weight is 419 g/mol. The molecule has 4 rings (SSSR count). The molecule has 6 nitrogen and oxygen atoms in total. The highest BCUT2D eigenvalue weighted by Gasteiger charge is 2.29. The SMILES string of the molecule is S=C(NCCN1CCOCC1)Nc1ccc(OC2CCN(C3CCC3)CC2)cc1. The van der Waals surface area contributed by atoms with Gasteiger partial charge in [0.1, 0.15) is 11.9 Å². The molecule has 0 aromatic heterocycles. The summed E-state index contributed by atoms with van der Waals surface area (Å²) in [4.78, 5) is 5.05. The van der Waals surface area contributed by atoms with Gasteiger partial charge in [-0.2, -0.15) is 0 Å². The molecule has 3 aliphatic rings. The van der Waals surface area contributed by atoms with E-state index in [1.54, 1.807) is 0 Å². The van der Waals surface area contributed by atoms with Crippen molar-refractivity contribution in [2.75, 3.05) is 57.8 Å². The van der Waals surface area contributed by atoms with Crippen LogP contribution in [-0.2, 0) is 4.74 Å². The number of piperidine rings is 1. The van der Waals surface area contributed by atoms with Crippen LogP contribution in [-0.4, -0.2) is 79.5 Å². The van der Waals surface area contributed by atoms with Gasteiger partial charge >= 0.3 is 0 Å². The second-order valence-corrected chi connectivity index (χ2v) is 8.71. The second-order valence-electron chi connectivity index (χ2n) is 8.30. The van der Waals surface area contributed by atoms with Crippen molar-refractivity contribution < 1.29 is 9.47 Å². The van der Waals surface area contributed by atoms with E-state index in [2.05, 4.69) is 20.4 Å². The van der Waals surface area contributed by atoms with E-state index in [0.29, 0.717) is 11.2 Å². The summed E-state index contributed by atoms with van der Waals surface area (Å²) in [6.07, 6.45) is 6.80. The Labute approximate surface area is 179 Å². The first-order valence-electron chi connectivity index (χ1n) is 11.1. The zero-order chi connectivity index (χ0) is 19.9. The van der Waals surface area contributed by atoms with E-state index >= 15 is 0 Å². The highest BCUT2D eigenvalue weighted by molar-refractivity contribution is 7.80. The van der Waals surface area contributed by atoms with Crippen LogP contribution in [0.3, 0.4) is 0 Å². The van der Waals surface area contributed by atoms with Gasteiger partial charge in [0.2, 0.25) is 0 Å². The number of hydrogen-bond donors (Lipinski definition) is 2. The highest BCUT2D eigenvalue weighted by atomic mass is 32.1. The van der Waals surface area contributed by atoms with Crippen LogP contribution in [0.25, 0.3) is 0 Å². The van der Waals surface area contributed by atoms with E-state index in [4.69, 9.17) is 21.7 Å². The van der Waals surface area contributed by atoms with Crippen LogP contribution < -0.4 is 15.4 Å². The van der Waals surface area contributed by atoms with E-state index < -0.39 is 0 Å². The summed E-state index contributed by atoms with van der Waals surface area (Å²) in [5, 5.41) is 7.20. The zero-order valence-corrected chi connectivity index (χ0v) is 18.1. The maximum atomic E-state index is 6.21. The Balaban J connectivity index is 1.14. The molecule has 7 heteroatoms. The summed E-state index contributed by atoms with van der Waals surface area (Å²) in [7, 11) is 0. The molecule has 0 atom stereocenters. The van der Waals surface area contributed by atoms with Gasteiger partial charge in [-0.15, -0.1) is 0 Å². The minimum atomic E-state index is 0.341. The van der Waals surface area contributed by atoms with Crippen molar-refractivity contribution in [3.05, 3.63) is 24.3 Å². The van der Waals surface area contributed by atoms with Gasteiger partial charge in [-0.1, -0.05) is 6.42 Å². The number of hydrogen-bond acceptors (Lipinski definition) is 5. The van der Waals surface area contributed by atoms with Gasteiger partial charge in [-0.25, -0.2) is 0 Å². The van der Waals surface area contributed by atoms with Gasteiger partial charge in [-0.05, 0) is 62.2 Å². The summed E-state index contributed by atoms with van der Waals surface area (Å²) in [6.45, 7) is 7.85. The first kappa shape index (κ1) is 20.8. The van der Waals surface area contributed by atoms with E-state index in [0.717, 1.165) is 69.7 Å². The smallest absolute Gasteiger partial charge is 0.170 e. The van der Waals surface area contributed by atoms with Crippen molar-refractivity contribution in [2.45, 2.75) is 44.2 Å². The molecule has 0 spiro atoms. The molecule has 0 bridgehead atoms. The Morgan fingerprint density at radius 1 is 1.03 bits per heavy atom. The Hall–Kier alpha value is -1.41. The number of likely N-dealkylation sites (tertiary alicyclic amines) is 1. The fraction of sp³-hybridized carbons (Fsp3) is 0.682. The quantitative estimate of drug-likeness (QED) is 0.660. The molecule has 2 heterocycles. The summed E-state index contributed by atoms with van der Waals surface area (Å²) < 4.78 is 11.6. The van der Waals surface area contributed by atoms with Crippen LogP contribution in [0.4, 0.5) is 5.69 Å². The third-order valence-corrected chi connectivity index (χ3v) is 6.55. The van der Waals surface area contributed by atoms with Gasteiger partial charge in [0, 0.05) is 51.0 Å². The maximum Gasteiger partial charge on any atom is 0.170 e. The molecule has 2 N–H and O–H groups in total. The molecule has 3 fully saturated rings. The lowest BCUT2D eigenvalue weighted by molar-refractivity contribution is 0.0389. The van der Waals surface area contributed by atoms with Gasteiger partial charge in [0.05, 0.1) is 13.2 Å². The van der Waals surface area contributed by atoms with Gasteiger partial charge in [0.15, 0.2) is 5.11 Å². The third kappa shape index (κ3) is 6.28. The van der Waals surface area contributed by atoms with Crippen molar-refractivity contribution in [2.24, 2.45) is 0 Å². The van der Waals surface area contributed by atoms with Crippen molar-refractivity contribution in [1.29, 1.82) is 0 Å². The van der Waals surface area contributed by atoms with E-state index in [1.165, 1.54) is 32.4 Å². The number of morpholine rings is 1. The van der Waals surface area contributed by atoms with Crippen LogP contribution in [0, 0.1) is 0 Å². The number of nitrogens with one attached hydrogen (secondary N) is 2. The molecule has 0 radical (unpaired) electrons.